The first-order chi connectivity index (χ1) is 11.8. The molecule has 0 spiro atoms. The van der Waals surface area contributed by atoms with Gasteiger partial charge in [-0.1, -0.05) is 5.21 Å². The second kappa shape index (κ2) is 7.65. The van der Waals surface area contributed by atoms with Crippen molar-refractivity contribution in [3.8, 4) is 11.5 Å². The highest BCUT2D eigenvalue weighted by molar-refractivity contribution is 5.84. The maximum absolute atomic E-state index is 12.3. The largest absolute Gasteiger partial charge is 0.493 e. The molecule has 1 amide bonds. The number of likely N-dealkylation sites (N-methyl/N-ethyl adjacent to an activating group) is 1. The zero-order valence-electron chi connectivity index (χ0n) is 14.5. The number of rotatable bonds is 7. The van der Waals surface area contributed by atoms with Crippen molar-refractivity contribution < 1.29 is 24.2 Å². The Balaban J connectivity index is 2.08. The van der Waals surface area contributed by atoms with Gasteiger partial charge in [0.15, 0.2) is 17.2 Å². The van der Waals surface area contributed by atoms with E-state index in [4.69, 9.17) is 14.6 Å². The number of nitrogens with zero attached hydrogens (tertiary/aromatic N) is 4. The number of carboxylic acids is 1. The standard InChI is InChI=1S/C16H20N4O5/c1-10-5-13(24-3)14(25-4)6-11(10)7-19(2)15(21)9-20-8-12(16(22)23)17-18-20/h5-6,8H,7,9H2,1-4H3,(H,22,23). The van der Waals surface area contributed by atoms with Crippen LogP contribution in [0.25, 0.3) is 0 Å². The van der Waals surface area contributed by atoms with Crippen LogP contribution in [0.2, 0.25) is 0 Å². The molecule has 1 N–H and O–H groups in total. The Bertz CT molecular complexity index is 787. The molecule has 9 heteroatoms. The van der Waals surface area contributed by atoms with Crippen LogP contribution in [0.4, 0.5) is 0 Å². The van der Waals surface area contributed by atoms with Gasteiger partial charge < -0.3 is 19.5 Å². The van der Waals surface area contributed by atoms with Gasteiger partial charge in [0.25, 0.3) is 0 Å². The van der Waals surface area contributed by atoms with Crippen molar-refractivity contribution in [2.24, 2.45) is 0 Å². The number of methoxy groups -OCH3 is 2. The average Bonchev–Trinajstić information content (AvgIpc) is 3.04. The van der Waals surface area contributed by atoms with Gasteiger partial charge in [-0.2, -0.15) is 0 Å². The van der Waals surface area contributed by atoms with Crippen molar-refractivity contribution in [3.05, 3.63) is 35.2 Å². The fraction of sp³-hybridized carbons (Fsp3) is 0.375. The zero-order chi connectivity index (χ0) is 18.6. The highest BCUT2D eigenvalue weighted by Crippen LogP contribution is 2.30. The van der Waals surface area contributed by atoms with E-state index in [1.54, 1.807) is 21.3 Å². The minimum Gasteiger partial charge on any atom is -0.493 e. The molecule has 0 aliphatic rings. The summed E-state index contributed by atoms with van der Waals surface area (Å²) in [6, 6.07) is 3.68. The van der Waals surface area contributed by atoms with E-state index in [0.717, 1.165) is 11.1 Å². The molecular weight excluding hydrogens is 328 g/mol. The van der Waals surface area contributed by atoms with Crippen molar-refractivity contribution in [3.63, 3.8) is 0 Å². The molecule has 1 aromatic heterocycles. The third-order valence-electron chi connectivity index (χ3n) is 3.73. The lowest BCUT2D eigenvalue weighted by molar-refractivity contribution is -0.131. The molecule has 1 aromatic carbocycles. The molecule has 2 aromatic rings. The van der Waals surface area contributed by atoms with Crippen LogP contribution in [0.3, 0.4) is 0 Å². The maximum atomic E-state index is 12.3. The zero-order valence-corrected chi connectivity index (χ0v) is 14.5. The first-order valence-electron chi connectivity index (χ1n) is 7.44. The van der Waals surface area contributed by atoms with Crippen LogP contribution in [-0.2, 0) is 17.9 Å². The Kier molecular flexibility index (Phi) is 5.58. The van der Waals surface area contributed by atoms with Crippen LogP contribution < -0.4 is 9.47 Å². The van der Waals surface area contributed by atoms with Gasteiger partial charge in [0.1, 0.15) is 6.54 Å². The molecule has 2 rings (SSSR count). The van der Waals surface area contributed by atoms with Crippen molar-refractivity contribution in [2.45, 2.75) is 20.0 Å². The van der Waals surface area contributed by atoms with Crippen LogP contribution in [0, 0.1) is 6.92 Å². The van der Waals surface area contributed by atoms with E-state index in [9.17, 15) is 9.59 Å². The number of amides is 1. The summed E-state index contributed by atoms with van der Waals surface area (Å²) < 4.78 is 11.7. The molecule has 134 valence electrons. The van der Waals surface area contributed by atoms with Gasteiger partial charge in [-0.3, -0.25) is 4.79 Å². The molecule has 0 fully saturated rings. The number of aromatic nitrogens is 3. The Morgan fingerprint density at radius 2 is 1.88 bits per heavy atom. The fourth-order valence-corrected chi connectivity index (χ4v) is 2.27. The van der Waals surface area contributed by atoms with Gasteiger partial charge in [-0.15, -0.1) is 5.10 Å². The van der Waals surface area contributed by atoms with Crippen molar-refractivity contribution in [1.29, 1.82) is 0 Å². The summed E-state index contributed by atoms with van der Waals surface area (Å²) in [7, 11) is 4.78. The third-order valence-corrected chi connectivity index (χ3v) is 3.73. The molecule has 0 radical (unpaired) electrons. The number of aromatic carboxylic acids is 1. The average molecular weight is 348 g/mol. The number of carbonyl (C=O) groups is 2. The first-order valence-corrected chi connectivity index (χ1v) is 7.44. The van der Waals surface area contributed by atoms with E-state index in [2.05, 4.69) is 10.3 Å². The van der Waals surface area contributed by atoms with Crippen molar-refractivity contribution >= 4 is 11.9 Å². The summed E-state index contributed by atoms with van der Waals surface area (Å²) >= 11 is 0. The monoisotopic (exact) mass is 348 g/mol. The lowest BCUT2D eigenvalue weighted by Crippen LogP contribution is -2.30. The molecule has 0 aliphatic heterocycles. The second-order valence-electron chi connectivity index (χ2n) is 5.49. The molecule has 0 saturated carbocycles. The number of carbonyl (C=O) groups excluding carboxylic acids is 1. The molecule has 0 bridgehead atoms. The van der Waals surface area contributed by atoms with Gasteiger partial charge in [-0.05, 0) is 30.2 Å². The summed E-state index contributed by atoms with van der Waals surface area (Å²) in [5.74, 6) is -0.197. The first kappa shape index (κ1) is 18.2. The highest BCUT2D eigenvalue weighted by atomic mass is 16.5. The summed E-state index contributed by atoms with van der Waals surface area (Å²) in [5, 5.41) is 15.9. The lowest BCUT2D eigenvalue weighted by Gasteiger charge is -2.20. The molecule has 0 atom stereocenters. The SMILES string of the molecule is COc1cc(C)c(CN(C)C(=O)Cn2cc(C(=O)O)nn2)cc1OC. The maximum Gasteiger partial charge on any atom is 0.358 e. The Morgan fingerprint density at radius 3 is 2.44 bits per heavy atom. The van der Waals surface area contributed by atoms with Crippen LogP contribution >= 0.6 is 0 Å². The topological polar surface area (TPSA) is 107 Å². The fourth-order valence-electron chi connectivity index (χ4n) is 2.27. The minimum atomic E-state index is -1.19. The van der Waals surface area contributed by atoms with E-state index in [-0.39, 0.29) is 18.1 Å². The number of hydrogen-bond donors (Lipinski definition) is 1. The number of benzene rings is 1. The summed E-state index contributed by atoms with van der Waals surface area (Å²) in [6.07, 6.45) is 1.22. The second-order valence-corrected chi connectivity index (χ2v) is 5.49. The Labute approximate surface area is 144 Å². The van der Waals surface area contributed by atoms with Crippen LogP contribution in [0.5, 0.6) is 11.5 Å². The van der Waals surface area contributed by atoms with Crippen LogP contribution in [-0.4, -0.2) is 58.1 Å². The third kappa shape index (κ3) is 4.25. The van der Waals surface area contributed by atoms with Gasteiger partial charge in [0.05, 0.1) is 20.4 Å². The van der Waals surface area contributed by atoms with Crippen LogP contribution in [0.1, 0.15) is 21.6 Å². The minimum absolute atomic E-state index is 0.0941. The summed E-state index contributed by atoms with van der Waals surface area (Å²) in [4.78, 5) is 24.6. The lowest BCUT2D eigenvalue weighted by atomic mass is 10.1. The summed E-state index contributed by atoms with van der Waals surface area (Å²) in [6.45, 7) is 2.20. The van der Waals surface area contributed by atoms with Gasteiger partial charge in [0, 0.05) is 13.6 Å². The van der Waals surface area contributed by atoms with E-state index in [1.807, 2.05) is 19.1 Å². The molecule has 0 aliphatic carbocycles. The van der Waals surface area contributed by atoms with E-state index in [1.165, 1.54) is 15.8 Å². The van der Waals surface area contributed by atoms with Gasteiger partial charge >= 0.3 is 5.97 Å². The normalized spacial score (nSPS) is 10.4. The quantitative estimate of drug-likeness (QED) is 0.794. The number of aryl methyl sites for hydroxylation is 1. The summed E-state index contributed by atoms with van der Waals surface area (Å²) in [5.41, 5.74) is 1.68. The number of hydrogen-bond acceptors (Lipinski definition) is 6. The predicted octanol–water partition coefficient (Wildman–Crippen LogP) is 0.961. The molecular formula is C16H20N4O5. The molecule has 0 saturated heterocycles. The van der Waals surface area contributed by atoms with E-state index >= 15 is 0 Å². The van der Waals surface area contributed by atoms with Gasteiger partial charge in [0.2, 0.25) is 5.91 Å². The van der Waals surface area contributed by atoms with Crippen LogP contribution in [0.15, 0.2) is 18.3 Å². The molecule has 0 unspecified atom stereocenters. The smallest absolute Gasteiger partial charge is 0.358 e. The van der Waals surface area contributed by atoms with Crippen molar-refractivity contribution in [1.82, 2.24) is 19.9 Å². The van der Waals surface area contributed by atoms with Crippen molar-refractivity contribution in [2.75, 3.05) is 21.3 Å². The van der Waals surface area contributed by atoms with E-state index in [0.29, 0.717) is 18.0 Å². The Hall–Kier alpha value is -3.10. The predicted molar refractivity (Wildman–Crippen MR) is 87.7 cm³/mol. The Morgan fingerprint density at radius 1 is 1.24 bits per heavy atom. The van der Waals surface area contributed by atoms with Gasteiger partial charge in [-0.25, -0.2) is 9.48 Å². The van der Waals surface area contributed by atoms with E-state index < -0.39 is 5.97 Å². The molecule has 1 heterocycles. The molecule has 9 nitrogen and oxygen atoms in total. The molecule has 25 heavy (non-hydrogen) atoms. The number of ether oxygens (including phenoxy) is 2. The number of carboxylic acid groups (broad SMARTS) is 1. The highest BCUT2D eigenvalue weighted by Gasteiger charge is 2.16.